The smallest absolute Gasteiger partial charge is 0.269 e. The topological polar surface area (TPSA) is 79.0 Å². The van der Waals surface area contributed by atoms with E-state index in [0.717, 1.165) is 24.2 Å². The summed E-state index contributed by atoms with van der Waals surface area (Å²) in [5.41, 5.74) is 3.74. The van der Waals surface area contributed by atoms with Crippen LogP contribution in [0.2, 0.25) is 0 Å². The Morgan fingerprint density at radius 1 is 1.20 bits per heavy atom. The number of nitrogens with one attached hydrogen (secondary N) is 3. The van der Waals surface area contributed by atoms with E-state index in [0.29, 0.717) is 18.8 Å². The normalized spacial score (nSPS) is 10.8. The van der Waals surface area contributed by atoms with Gasteiger partial charge >= 0.3 is 0 Å². The largest absolute Gasteiger partial charge is 0.383 e. The molecule has 6 heteroatoms. The summed E-state index contributed by atoms with van der Waals surface area (Å²) < 4.78 is 4.90. The van der Waals surface area contributed by atoms with Gasteiger partial charge in [-0.1, -0.05) is 18.2 Å². The van der Waals surface area contributed by atoms with Crippen molar-refractivity contribution < 1.29 is 9.53 Å². The lowest BCUT2D eigenvalue weighted by Gasteiger charge is -2.07. The zero-order valence-corrected chi connectivity index (χ0v) is 14.2. The van der Waals surface area contributed by atoms with Crippen LogP contribution in [0, 0.1) is 0 Å². The molecule has 0 aliphatic heterocycles. The molecule has 0 unspecified atom stereocenters. The number of anilines is 1. The molecule has 3 rings (SSSR count). The number of aromatic amines is 1. The molecule has 0 aliphatic rings. The number of hydrogen-bond donors (Lipinski definition) is 3. The minimum Gasteiger partial charge on any atom is -0.383 e. The van der Waals surface area contributed by atoms with Gasteiger partial charge in [0, 0.05) is 37.3 Å². The van der Waals surface area contributed by atoms with Gasteiger partial charge in [-0.2, -0.15) is 0 Å². The Balaban J connectivity index is 1.51. The minimum atomic E-state index is -0.192. The van der Waals surface area contributed by atoms with Crippen LogP contribution >= 0.6 is 0 Å². The number of carbonyl (C=O) groups excluding carboxylic acids is 1. The first-order valence-corrected chi connectivity index (χ1v) is 8.30. The van der Waals surface area contributed by atoms with Crippen molar-refractivity contribution in [3.8, 4) is 0 Å². The highest BCUT2D eigenvalue weighted by atomic mass is 16.5. The standard InChI is InChI=1S/C19H22N4O2/c1-25-11-10-21-19(24)18-7-6-15(13-23-18)20-9-8-14-12-22-17-5-3-2-4-16(14)17/h2-7,12-13,20,22H,8-11H2,1H3,(H,21,24). The van der Waals surface area contributed by atoms with Crippen LogP contribution in [0.3, 0.4) is 0 Å². The number of pyridine rings is 1. The number of rotatable bonds is 8. The van der Waals surface area contributed by atoms with Gasteiger partial charge in [-0.05, 0) is 30.2 Å². The van der Waals surface area contributed by atoms with Crippen molar-refractivity contribution in [2.75, 3.05) is 32.1 Å². The summed E-state index contributed by atoms with van der Waals surface area (Å²) in [5.74, 6) is -0.192. The highest BCUT2D eigenvalue weighted by molar-refractivity contribution is 5.92. The summed E-state index contributed by atoms with van der Waals surface area (Å²) in [5, 5.41) is 7.34. The van der Waals surface area contributed by atoms with Gasteiger partial charge in [0.25, 0.3) is 5.91 Å². The maximum atomic E-state index is 11.9. The number of aromatic nitrogens is 2. The van der Waals surface area contributed by atoms with E-state index in [-0.39, 0.29) is 5.91 Å². The van der Waals surface area contributed by atoms with Crippen molar-refractivity contribution in [3.63, 3.8) is 0 Å². The number of amides is 1. The first kappa shape index (κ1) is 17.0. The summed E-state index contributed by atoms with van der Waals surface area (Å²) >= 11 is 0. The quantitative estimate of drug-likeness (QED) is 0.552. The monoisotopic (exact) mass is 338 g/mol. The molecule has 0 spiro atoms. The zero-order valence-electron chi connectivity index (χ0n) is 14.2. The fourth-order valence-corrected chi connectivity index (χ4v) is 2.67. The fraction of sp³-hybridized carbons (Fsp3) is 0.263. The van der Waals surface area contributed by atoms with E-state index in [2.05, 4.69) is 38.9 Å². The van der Waals surface area contributed by atoms with Gasteiger partial charge in [0.1, 0.15) is 5.69 Å². The lowest BCUT2D eigenvalue weighted by Crippen LogP contribution is -2.27. The van der Waals surface area contributed by atoms with E-state index in [1.807, 2.05) is 18.2 Å². The number of H-pyrrole nitrogens is 1. The predicted molar refractivity (Wildman–Crippen MR) is 98.9 cm³/mol. The van der Waals surface area contributed by atoms with Crippen LogP contribution < -0.4 is 10.6 Å². The molecule has 0 aliphatic carbocycles. The molecule has 1 amide bonds. The highest BCUT2D eigenvalue weighted by Gasteiger charge is 2.06. The van der Waals surface area contributed by atoms with E-state index in [1.54, 1.807) is 19.4 Å². The Morgan fingerprint density at radius 2 is 2.08 bits per heavy atom. The van der Waals surface area contributed by atoms with Gasteiger partial charge in [0.05, 0.1) is 18.5 Å². The average Bonchev–Trinajstić information content (AvgIpc) is 3.06. The van der Waals surface area contributed by atoms with Crippen molar-refractivity contribution in [2.24, 2.45) is 0 Å². The molecule has 3 aromatic rings. The summed E-state index contributed by atoms with van der Waals surface area (Å²) in [6, 6.07) is 11.9. The number of hydrogen-bond acceptors (Lipinski definition) is 4. The second-order valence-corrected chi connectivity index (χ2v) is 5.72. The fourth-order valence-electron chi connectivity index (χ4n) is 2.67. The highest BCUT2D eigenvalue weighted by Crippen LogP contribution is 2.18. The maximum Gasteiger partial charge on any atom is 0.269 e. The number of nitrogens with zero attached hydrogens (tertiary/aromatic N) is 1. The van der Waals surface area contributed by atoms with Gasteiger partial charge < -0.3 is 20.4 Å². The maximum absolute atomic E-state index is 11.9. The first-order valence-electron chi connectivity index (χ1n) is 8.30. The number of fused-ring (bicyclic) bond motifs is 1. The van der Waals surface area contributed by atoms with Crippen LogP contribution in [-0.4, -0.2) is 42.7 Å². The molecular weight excluding hydrogens is 316 g/mol. The van der Waals surface area contributed by atoms with E-state index in [4.69, 9.17) is 4.74 Å². The van der Waals surface area contributed by atoms with Crippen LogP contribution in [0.4, 0.5) is 5.69 Å². The predicted octanol–water partition coefficient (Wildman–Crippen LogP) is 2.59. The lowest BCUT2D eigenvalue weighted by molar-refractivity contribution is 0.0932. The van der Waals surface area contributed by atoms with Crippen LogP contribution in [0.1, 0.15) is 16.1 Å². The molecular formula is C19H22N4O2. The molecule has 0 radical (unpaired) electrons. The molecule has 0 saturated heterocycles. The second kappa shape index (κ2) is 8.30. The van der Waals surface area contributed by atoms with Crippen molar-refractivity contribution in [1.82, 2.24) is 15.3 Å². The van der Waals surface area contributed by atoms with E-state index in [1.165, 1.54) is 10.9 Å². The van der Waals surface area contributed by atoms with Crippen molar-refractivity contribution >= 4 is 22.5 Å². The number of benzene rings is 1. The third kappa shape index (κ3) is 4.36. The lowest BCUT2D eigenvalue weighted by atomic mass is 10.1. The molecule has 25 heavy (non-hydrogen) atoms. The Labute approximate surface area is 146 Å². The summed E-state index contributed by atoms with van der Waals surface area (Å²) in [6.07, 6.45) is 4.64. The molecule has 0 saturated carbocycles. The average molecular weight is 338 g/mol. The van der Waals surface area contributed by atoms with Gasteiger partial charge in [-0.3, -0.25) is 4.79 Å². The van der Waals surface area contributed by atoms with Gasteiger partial charge in [-0.15, -0.1) is 0 Å². The number of methoxy groups -OCH3 is 1. The summed E-state index contributed by atoms with van der Waals surface area (Å²) in [7, 11) is 1.60. The third-order valence-electron chi connectivity index (χ3n) is 3.99. The molecule has 0 bridgehead atoms. The minimum absolute atomic E-state index is 0.192. The Morgan fingerprint density at radius 3 is 2.88 bits per heavy atom. The second-order valence-electron chi connectivity index (χ2n) is 5.72. The van der Waals surface area contributed by atoms with Gasteiger partial charge in [-0.25, -0.2) is 4.98 Å². The van der Waals surface area contributed by atoms with Gasteiger partial charge in [0.15, 0.2) is 0 Å². The molecule has 130 valence electrons. The summed E-state index contributed by atoms with van der Waals surface area (Å²) in [4.78, 5) is 19.4. The molecule has 6 nitrogen and oxygen atoms in total. The van der Waals surface area contributed by atoms with E-state index < -0.39 is 0 Å². The Kier molecular flexibility index (Phi) is 5.64. The number of ether oxygens (including phenoxy) is 1. The van der Waals surface area contributed by atoms with E-state index >= 15 is 0 Å². The molecule has 2 heterocycles. The number of para-hydroxylation sites is 1. The van der Waals surface area contributed by atoms with Crippen LogP contribution in [0.15, 0.2) is 48.8 Å². The Bertz CT molecular complexity index is 827. The van der Waals surface area contributed by atoms with Crippen LogP contribution in [0.25, 0.3) is 10.9 Å². The Hall–Kier alpha value is -2.86. The van der Waals surface area contributed by atoms with Crippen LogP contribution in [0.5, 0.6) is 0 Å². The molecule has 1 aromatic carbocycles. The van der Waals surface area contributed by atoms with Crippen molar-refractivity contribution in [3.05, 3.63) is 60.0 Å². The zero-order chi connectivity index (χ0) is 17.5. The van der Waals surface area contributed by atoms with Crippen molar-refractivity contribution in [1.29, 1.82) is 0 Å². The molecule has 2 aromatic heterocycles. The third-order valence-corrected chi connectivity index (χ3v) is 3.99. The molecule has 0 atom stereocenters. The first-order chi connectivity index (χ1) is 12.3. The summed E-state index contributed by atoms with van der Waals surface area (Å²) in [6.45, 7) is 1.75. The number of carbonyl (C=O) groups is 1. The van der Waals surface area contributed by atoms with E-state index in [9.17, 15) is 4.79 Å². The molecule has 0 fully saturated rings. The van der Waals surface area contributed by atoms with Crippen LogP contribution in [-0.2, 0) is 11.2 Å². The van der Waals surface area contributed by atoms with Gasteiger partial charge in [0.2, 0.25) is 0 Å². The SMILES string of the molecule is COCCNC(=O)c1ccc(NCCc2c[nH]c3ccccc23)cn1. The van der Waals surface area contributed by atoms with Crippen molar-refractivity contribution in [2.45, 2.75) is 6.42 Å². The molecule has 3 N–H and O–H groups in total.